The van der Waals surface area contributed by atoms with Crippen molar-refractivity contribution in [3.8, 4) is 0 Å². The highest BCUT2D eigenvalue weighted by Gasteiger charge is 2.23. The summed E-state index contributed by atoms with van der Waals surface area (Å²) in [5.74, 6) is 1.04. The lowest BCUT2D eigenvalue weighted by molar-refractivity contribution is 0.0161. The van der Waals surface area contributed by atoms with Crippen molar-refractivity contribution in [1.82, 2.24) is 24.6 Å². The van der Waals surface area contributed by atoms with E-state index < -0.39 is 5.60 Å². The minimum absolute atomic E-state index is 0.351. The van der Waals surface area contributed by atoms with E-state index in [0.717, 1.165) is 45.1 Å². The number of β-amino-alcohol motifs (C(OH)–C–C–N with tert-alkyl or cyclic N) is 1. The van der Waals surface area contributed by atoms with E-state index in [-0.39, 0.29) is 0 Å². The molecule has 0 saturated carbocycles. The molecular formula is C14H27N5O. The minimum atomic E-state index is -0.611. The predicted molar refractivity (Wildman–Crippen MR) is 78.4 cm³/mol. The van der Waals surface area contributed by atoms with Gasteiger partial charge < -0.3 is 5.11 Å². The highest BCUT2D eigenvalue weighted by atomic mass is 16.3. The van der Waals surface area contributed by atoms with E-state index in [9.17, 15) is 5.11 Å². The van der Waals surface area contributed by atoms with Gasteiger partial charge in [0, 0.05) is 38.8 Å². The molecule has 6 nitrogen and oxygen atoms in total. The molecule has 2 heterocycles. The Morgan fingerprint density at radius 2 is 1.80 bits per heavy atom. The summed E-state index contributed by atoms with van der Waals surface area (Å²) in [5, 5.41) is 14.1. The van der Waals surface area contributed by atoms with Crippen LogP contribution in [0.4, 0.5) is 0 Å². The molecule has 0 aromatic carbocycles. The minimum Gasteiger partial charge on any atom is -0.389 e. The average Bonchev–Trinajstić information content (AvgIpc) is 2.78. The lowest BCUT2D eigenvalue weighted by Crippen LogP contribution is -2.50. The van der Waals surface area contributed by atoms with Crippen molar-refractivity contribution >= 4 is 0 Å². The van der Waals surface area contributed by atoms with E-state index in [1.165, 1.54) is 0 Å². The Morgan fingerprint density at radius 3 is 2.35 bits per heavy atom. The van der Waals surface area contributed by atoms with Crippen LogP contribution in [-0.4, -0.2) is 68.0 Å². The van der Waals surface area contributed by atoms with Gasteiger partial charge in [0.2, 0.25) is 0 Å². The molecule has 20 heavy (non-hydrogen) atoms. The summed E-state index contributed by atoms with van der Waals surface area (Å²) < 4.78 is 1.99. The van der Waals surface area contributed by atoms with Crippen LogP contribution in [0.25, 0.3) is 0 Å². The van der Waals surface area contributed by atoms with Crippen LogP contribution in [0.5, 0.6) is 0 Å². The molecule has 1 aliphatic rings. The van der Waals surface area contributed by atoms with Crippen LogP contribution in [0.1, 0.15) is 39.6 Å². The molecule has 0 spiro atoms. The molecule has 0 radical (unpaired) electrons. The van der Waals surface area contributed by atoms with Crippen LogP contribution in [0.2, 0.25) is 0 Å². The molecule has 2 rings (SSSR count). The van der Waals surface area contributed by atoms with Gasteiger partial charge in [-0.1, -0.05) is 0 Å². The molecule has 1 aromatic heterocycles. The SMILES string of the molecule is CC(C)n1ncnc1CN1CCN(CC(C)(C)O)CC1. The van der Waals surface area contributed by atoms with E-state index in [2.05, 4.69) is 33.7 Å². The van der Waals surface area contributed by atoms with Crippen molar-refractivity contribution in [2.75, 3.05) is 32.7 Å². The van der Waals surface area contributed by atoms with Crippen LogP contribution >= 0.6 is 0 Å². The lowest BCUT2D eigenvalue weighted by Gasteiger charge is -2.37. The molecule has 6 heteroatoms. The normalized spacial score (nSPS) is 18.9. The van der Waals surface area contributed by atoms with Crippen molar-refractivity contribution in [1.29, 1.82) is 0 Å². The van der Waals surface area contributed by atoms with Crippen molar-refractivity contribution in [2.24, 2.45) is 0 Å². The first-order chi connectivity index (χ1) is 9.35. The summed E-state index contributed by atoms with van der Waals surface area (Å²) in [6.07, 6.45) is 1.64. The zero-order chi connectivity index (χ0) is 14.8. The summed E-state index contributed by atoms with van der Waals surface area (Å²) in [7, 11) is 0. The number of hydrogen-bond acceptors (Lipinski definition) is 5. The zero-order valence-electron chi connectivity index (χ0n) is 13.1. The Hall–Kier alpha value is -0.980. The van der Waals surface area contributed by atoms with Gasteiger partial charge in [-0.05, 0) is 27.7 Å². The number of aliphatic hydroxyl groups is 1. The van der Waals surface area contributed by atoms with Crippen molar-refractivity contribution in [3.63, 3.8) is 0 Å². The molecule has 1 saturated heterocycles. The smallest absolute Gasteiger partial charge is 0.141 e. The quantitative estimate of drug-likeness (QED) is 0.863. The molecule has 1 aromatic rings. The second-order valence-electron chi connectivity index (χ2n) is 6.58. The van der Waals surface area contributed by atoms with Crippen molar-refractivity contribution in [3.05, 3.63) is 12.2 Å². The third-order valence-electron chi connectivity index (χ3n) is 3.58. The molecule has 0 bridgehead atoms. The fourth-order valence-electron chi connectivity index (χ4n) is 2.67. The third kappa shape index (κ3) is 4.26. The maximum Gasteiger partial charge on any atom is 0.141 e. The number of hydrogen-bond donors (Lipinski definition) is 1. The molecule has 0 aliphatic carbocycles. The first kappa shape index (κ1) is 15.4. The number of piperazine rings is 1. The molecule has 0 unspecified atom stereocenters. The topological polar surface area (TPSA) is 57.4 Å². The van der Waals surface area contributed by atoms with Gasteiger partial charge in [0.25, 0.3) is 0 Å². The number of aromatic nitrogens is 3. The summed E-state index contributed by atoms with van der Waals surface area (Å²) in [6, 6.07) is 0.351. The van der Waals surface area contributed by atoms with Crippen LogP contribution in [0.3, 0.4) is 0 Å². The number of nitrogens with zero attached hydrogens (tertiary/aromatic N) is 5. The molecule has 1 aliphatic heterocycles. The largest absolute Gasteiger partial charge is 0.389 e. The molecule has 114 valence electrons. The third-order valence-corrected chi connectivity index (χ3v) is 3.58. The Balaban J connectivity index is 1.84. The Kier molecular flexibility index (Phi) is 4.78. The van der Waals surface area contributed by atoms with Gasteiger partial charge in [-0.3, -0.25) is 9.80 Å². The van der Waals surface area contributed by atoms with Gasteiger partial charge >= 0.3 is 0 Å². The van der Waals surface area contributed by atoms with E-state index in [1.807, 2.05) is 18.5 Å². The van der Waals surface area contributed by atoms with Gasteiger partial charge in [-0.25, -0.2) is 9.67 Å². The van der Waals surface area contributed by atoms with Gasteiger partial charge in [0.1, 0.15) is 12.2 Å². The summed E-state index contributed by atoms with van der Waals surface area (Å²) in [6.45, 7) is 13.6. The lowest BCUT2D eigenvalue weighted by atomic mass is 10.1. The maximum absolute atomic E-state index is 9.86. The molecule has 0 amide bonds. The van der Waals surface area contributed by atoms with E-state index >= 15 is 0 Å². The maximum atomic E-state index is 9.86. The van der Waals surface area contributed by atoms with Crippen LogP contribution in [0.15, 0.2) is 6.33 Å². The summed E-state index contributed by atoms with van der Waals surface area (Å²) >= 11 is 0. The first-order valence-corrected chi connectivity index (χ1v) is 7.40. The van der Waals surface area contributed by atoms with Crippen molar-refractivity contribution in [2.45, 2.75) is 45.9 Å². The van der Waals surface area contributed by atoms with Crippen LogP contribution < -0.4 is 0 Å². The fraction of sp³-hybridized carbons (Fsp3) is 0.857. The van der Waals surface area contributed by atoms with Gasteiger partial charge in [0.15, 0.2) is 0 Å². The van der Waals surface area contributed by atoms with E-state index in [0.29, 0.717) is 6.04 Å². The second kappa shape index (κ2) is 6.20. The fourth-order valence-corrected chi connectivity index (χ4v) is 2.67. The monoisotopic (exact) mass is 281 g/mol. The standard InChI is InChI=1S/C14H27N5O/c1-12(2)19-13(15-11-16-19)9-17-5-7-18(8-6-17)10-14(3,4)20/h11-12,20H,5-10H2,1-4H3. The number of rotatable bonds is 5. The summed E-state index contributed by atoms with van der Waals surface area (Å²) in [4.78, 5) is 9.10. The highest BCUT2D eigenvalue weighted by molar-refractivity contribution is 4.88. The molecule has 1 N–H and O–H groups in total. The predicted octanol–water partition coefficient (Wildman–Crippen LogP) is 0.747. The van der Waals surface area contributed by atoms with Gasteiger partial charge in [-0.2, -0.15) is 5.10 Å². The van der Waals surface area contributed by atoms with Gasteiger partial charge in [-0.15, -0.1) is 0 Å². The van der Waals surface area contributed by atoms with Crippen LogP contribution in [0, 0.1) is 0 Å². The van der Waals surface area contributed by atoms with Crippen molar-refractivity contribution < 1.29 is 5.11 Å². The van der Waals surface area contributed by atoms with Gasteiger partial charge in [0.05, 0.1) is 12.1 Å². The summed E-state index contributed by atoms with van der Waals surface area (Å²) in [5.41, 5.74) is -0.611. The Labute approximate surface area is 121 Å². The first-order valence-electron chi connectivity index (χ1n) is 7.40. The van der Waals surface area contributed by atoms with E-state index in [4.69, 9.17) is 0 Å². The molecule has 0 atom stereocenters. The van der Waals surface area contributed by atoms with Crippen LogP contribution in [-0.2, 0) is 6.54 Å². The second-order valence-corrected chi connectivity index (χ2v) is 6.58. The Morgan fingerprint density at radius 1 is 1.20 bits per heavy atom. The average molecular weight is 281 g/mol. The Bertz CT molecular complexity index is 415. The molecule has 1 fully saturated rings. The van der Waals surface area contributed by atoms with E-state index in [1.54, 1.807) is 6.33 Å². The molecular weight excluding hydrogens is 254 g/mol. The highest BCUT2D eigenvalue weighted by Crippen LogP contribution is 2.12. The zero-order valence-corrected chi connectivity index (χ0v) is 13.1.